The first-order valence-electron chi connectivity index (χ1n) is 3.61. The predicted octanol–water partition coefficient (Wildman–Crippen LogP) is 2.55. The fourth-order valence-corrected chi connectivity index (χ4v) is 1.10. The van der Waals surface area contributed by atoms with Gasteiger partial charge in [-0.15, -0.1) is 0 Å². The Labute approximate surface area is 66.4 Å². The van der Waals surface area contributed by atoms with Crippen molar-refractivity contribution in [3.63, 3.8) is 0 Å². The normalized spacial score (nSPS) is 13.0. The summed E-state index contributed by atoms with van der Waals surface area (Å²) < 4.78 is 0. The Morgan fingerprint density at radius 1 is 1.36 bits per heavy atom. The molecule has 0 heterocycles. The second-order valence-corrected chi connectivity index (χ2v) is 2.60. The van der Waals surface area contributed by atoms with Gasteiger partial charge in [-0.1, -0.05) is 24.3 Å². The molecule has 1 rings (SSSR count). The molecule has 0 aliphatic rings. The maximum Gasteiger partial charge on any atom is 0.115 e. The first kappa shape index (κ1) is 8.24. The van der Waals surface area contributed by atoms with E-state index in [0.717, 1.165) is 11.1 Å². The summed E-state index contributed by atoms with van der Waals surface area (Å²) in [5.41, 5.74) is 2.16. The van der Waals surface area contributed by atoms with Gasteiger partial charge in [-0.3, -0.25) is 5.26 Å². The molecule has 0 radical (unpaired) electrons. The molecule has 0 fully saturated rings. The van der Waals surface area contributed by atoms with Crippen LogP contribution in [0.2, 0.25) is 0 Å². The van der Waals surface area contributed by atoms with E-state index in [4.69, 9.17) is 5.26 Å². The van der Waals surface area contributed by atoms with Crippen molar-refractivity contribution in [2.45, 2.75) is 20.0 Å². The van der Waals surface area contributed by atoms with Crippen LogP contribution in [0, 0.1) is 6.92 Å². The molecule has 1 atom stereocenters. The van der Waals surface area contributed by atoms with Crippen LogP contribution in [0.1, 0.15) is 24.2 Å². The van der Waals surface area contributed by atoms with Crippen molar-refractivity contribution in [2.75, 3.05) is 0 Å². The summed E-state index contributed by atoms with van der Waals surface area (Å²) >= 11 is 0. The summed E-state index contributed by atoms with van der Waals surface area (Å²) in [5.74, 6) is 0. The summed E-state index contributed by atoms with van der Waals surface area (Å²) in [7, 11) is 0. The van der Waals surface area contributed by atoms with Crippen LogP contribution >= 0.6 is 0 Å². The highest BCUT2D eigenvalue weighted by atomic mass is 17.1. The molecule has 0 bridgehead atoms. The maximum absolute atomic E-state index is 8.41. The van der Waals surface area contributed by atoms with E-state index in [2.05, 4.69) is 4.89 Å². The Balaban J connectivity index is 2.93. The molecule has 2 heteroatoms. The number of aryl methyl sites for hydroxylation is 1. The molecule has 0 unspecified atom stereocenters. The third-order valence-corrected chi connectivity index (χ3v) is 1.78. The second kappa shape index (κ2) is 3.51. The van der Waals surface area contributed by atoms with Gasteiger partial charge in [0.25, 0.3) is 0 Å². The SMILES string of the molecule is Cc1ccccc1[C@@H](C)OO. The number of benzene rings is 1. The van der Waals surface area contributed by atoms with Crippen molar-refractivity contribution in [3.05, 3.63) is 35.4 Å². The zero-order valence-corrected chi connectivity index (χ0v) is 6.74. The molecule has 0 spiro atoms. The Morgan fingerprint density at radius 3 is 2.55 bits per heavy atom. The zero-order valence-electron chi connectivity index (χ0n) is 6.74. The smallest absolute Gasteiger partial charge is 0.115 e. The predicted molar refractivity (Wildman–Crippen MR) is 43.3 cm³/mol. The summed E-state index contributed by atoms with van der Waals surface area (Å²) in [5, 5.41) is 8.41. The average molecular weight is 152 g/mol. The van der Waals surface area contributed by atoms with Gasteiger partial charge in [0.2, 0.25) is 0 Å². The number of rotatable bonds is 2. The van der Waals surface area contributed by atoms with E-state index in [1.54, 1.807) is 0 Å². The van der Waals surface area contributed by atoms with Crippen LogP contribution in [-0.2, 0) is 4.89 Å². The van der Waals surface area contributed by atoms with Crippen LogP contribution in [0.4, 0.5) is 0 Å². The molecule has 0 saturated heterocycles. The van der Waals surface area contributed by atoms with Gasteiger partial charge in [-0.2, -0.15) is 0 Å². The van der Waals surface area contributed by atoms with Crippen LogP contribution in [0.5, 0.6) is 0 Å². The first-order valence-corrected chi connectivity index (χ1v) is 3.61. The van der Waals surface area contributed by atoms with Gasteiger partial charge in [0.1, 0.15) is 6.10 Å². The standard InChI is InChI=1S/C9H12O2/c1-7-5-3-4-6-9(7)8(2)11-10/h3-6,8,10H,1-2H3/t8-/m1/s1. The minimum absolute atomic E-state index is 0.240. The lowest BCUT2D eigenvalue weighted by Gasteiger charge is -2.09. The fraction of sp³-hybridized carbons (Fsp3) is 0.333. The zero-order chi connectivity index (χ0) is 8.27. The molecule has 0 aliphatic heterocycles. The van der Waals surface area contributed by atoms with Gasteiger partial charge in [-0.05, 0) is 25.0 Å². The molecule has 0 saturated carbocycles. The monoisotopic (exact) mass is 152 g/mol. The van der Waals surface area contributed by atoms with Crippen LogP contribution in [0.3, 0.4) is 0 Å². The third-order valence-electron chi connectivity index (χ3n) is 1.78. The van der Waals surface area contributed by atoms with Gasteiger partial charge >= 0.3 is 0 Å². The third kappa shape index (κ3) is 1.79. The Kier molecular flexibility index (Phi) is 2.63. The van der Waals surface area contributed by atoms with Gasteiger partial charge in [-0.25, -0.2) is 4.89 Å². The first-order chi connectivity index (χ1) is 5.25. The number of hydrogen-bond acceptors (Lipinski definition) is 2. The average Bonchev–Trinajstić information content (AvgIpc) is 2.04. The van der Waals surface area contributed by atoms with Crippen LogP contribution in [0.25, 0.3) is 0 Å². The van der Waals surface area contributed by atoms with E-state index in [9.17, 15) is 0 Å². The molecular weight excluding hydrogens is 140 g/mol. The molecule has 1 aromatic carbocycles. The fourth-order valence-electron chi connectivity index (χ4n) is 1.10. The van der Waals surface area contributed by atoms with E-state index in [0.29, 0.717) is 0 Å². The van der Waals surface area contributed by atoms with Gasteiger partial charge < -0.3 is 0 Å². The lowest BCUT2D eigenvalue weighted by atomic mass is 10.1. The van der Waals surface area contributed by atoms with Gasteiger partial charge in [0, 0.05) is 0 Å². The molecule has 1 N–H and O–H groups in total. The van der Waals surface area contributed by atoms with E-state index in [-0.39, 0.29) is 6.10 Å². The summed E-state index contributed by atoms with van der Waals surface area (Å²) in [6, 6.07) is 7.82. The maximum atomic E-state index is 8.41. The van der Waals surface area contributed by atoms with Crippen molar-refractivity contribution in [2.24, 2.45) is 0 Å². The van der Waals surface area contributed by atoms with Crippen molar-refractivity contribution >= 4 is 0 Å². The van der Waals surface area contributed by atoms with E-state index in [1.807, 2.05) is 38.1 Å². The van der Waals surface area contributed by atoms with Gasteiger partial charge in [0.15, 0.2) is 0 Å². The molecular formula is C9H12O2. The molecule has 1 aromatic rings. The van der Waals surface area contributed by atoms with Crippen molar-refractivity contribution in [3.8, 4) is 0 Å². The second-order valence-electron chi connectivity index (χ2n) is 2.60. The van der Waals surface area contributed by atoms with E-state index in [1.165, 1.54) is 0 Å². The van der Waals surface area contributed by atoms with Crippen LogP contribution in [-0.4, -0.2) is 5.26 Å². The molecule has 0 amide bonds. The summed E-state index contributed by atoms with van der Waals surface area (Å²) in [6.45, 7) is 3.80. The van der Waals surface area contributed by atoms with Crippen molar-refractivity contribution in [1.82, 2.24) is 0 Å². The molecule has 0 aliphatic carbocycles. The molecule has 2 nitrogen and oxygen atoms in total. The molecule has 11 heavy (non-hydrogen) atoms. The lowest BCUT2D eigenvalue weighted by Crippen LogP contribution is -1.97. The number of hydrogen-bond donors (Lipinski definition) is 1. The largest absolute Gasteiger partial charge is 0.251 e. The van der Waals surface area contributed by atoms with E-state index < -0.39 is 0 Å². The lowest BCUT2D eigenvalue weighted by molar-refractivity contribution is -0.277. The minimum atomic E-state index is -0.240. The quantitative estimate of drug-likeness (QED) is 0.521. The highest BCUT2D eigenvalue weighted by molar-refractivity contribution is 5.27. The highest BCUT2D eigenvalue weighted by Gasteiger charge is 2.06. The van der Waals surface area contributed by atoms with Crippen molar-refractivity contribution < 1.29 is 10.1 Å². The van der Waals surface area contributed by atoms with Crippen LogP contribution in [0.15, 0.2) is 24.3 Å². The van der Waals surface area contributed by atoms with Crippen LogP contribution < -0.4 is 0 Å². The summed E-state index contributed by atoms with van der Waals surface area (Å²) in [6.07, 6.45) is -0.240. The topological polar surface area (TPSA) is 29.5 Å². The Morgan fingerprint density at radius 2 is 2.00 bits per heavy atom. The Bertz CT molecular complexity index is 233. The van der Waals surface area contributed by atoms with Crippen molar-refractivity contribution in [1.29, 1.82) is 0 Å². The van der Waals surface area contributed by atoms with E-state index >= 15 is 0 Å². The minimum Gasteiger partial charge on any atom is -0.251 e. The summed E-state index contributed by atoms with van der Waals surface area (Å²) in [4.78, 5) is 4.22. The molecule has 60 valence electrons. The highest BCUT2D eigenvalue weighted by Crippen LogP contribution is 2.18. The Hall–Kier alpha value is -0.860. The molecule has 0 aromatic heterocycles. The van der Waals surface area contributed by atoms with Gasteiger partial charge in [0.05, 0.1) is 0 Å².